The molecule has 0 saturated carbocycles. The zero-order valence-corrected chi connectivity index (χ0v) is 34.0. The average molecular weight is 794 g/mol. The highest BCUT2D eigenvalue weighted by Gasteiger charge is 2.21. The van der Waals surface area contributed by atoms with E-state index in [2.05, 4.69) is 169 Å². The molecule has 3 aromatic heterocycles. The van der Waals surface area contributed by atoms with Gasteiger partial charge in [0.2, 0.25) is 0 Å². The van der Waals surface area contributed by atoms with Crippen molar-refractivity contribution in [2.75, 3.05) is 0 Å². The zero-order valence-electron chi connectivity index (χ0n) is 34.0. The Balaban J connectivity index is 1.21. The lowest BCUT2D eigenvalue weighted by Crippen LogP contribution is -2.02. The molecule has 0 amide bonds. The van der Waals surface area contributed by atoms with Gasteiger partial charge in [0.05, 0.1) is 39.5 Å². The zero-order chi connectivity index (χ0) is 41.4. The fourth-order valence-corrected chi connectivity index (χ4v) is 8.46. The first kappa shape index (κ1) is 36.8. The largest absolute Gasteiger partial charge is 0.309 e. The molecule has 0 bridgehead atoms. The average Bonchev–Trinajstić information content (AvgIpc) is 3.68. The molecule has 0 aliphatic carbocycles. The van der Waals surface area contributed by atoms with Gasteiger partial charge in [0.25, 0.3) is 0 Å². The summed E-state index contributed by atoms with van der Waals surface area (Å²) in [5.41, 5.74) is 15.9. The first-order valence-corrected chi connectivity index (χ1v) is 20.9. The van der Waals surface area contributed by atoms with E-state index in [1.165, 1.54) is 21.9 Å². The molecule has 292 valence electrons. The minimum Gasteiger partial charge on any atom is -0.309 e. The minimum atomic E-state index is 0.627. The topological polar surface area (TPSA) is 56.5 Å². The maximum absolute atomic E-state index is 5.40. The second-order valence-electron chi connectivity index (χ2n) is 15.6. The number of aromatic nitrogens is 5. The molecule has 0 N–H and O–H groups in total. The molecule has 11 rings (SSSR count). The Kier molecular flexibility index (Phi) is 9.32. The van der Waals surface area contributed by atoms with Gasteiger partial charge in [0, 0.05) is 44.2 Å². The van der Waals surface area contributed by atoms with Crippen LogP contribution in [0, 0.1) is 6.92 Å². The van der Waals surface area contributed by atoms with Crippen molar-refractivity contribution in [2.24, 2.45) is 0 Å². The van der Waals surface area contributed by atoms with Crippen molar-refractivity contribution in [1.82, 2.24) is 24.5 Å². The monoisotopic (exact) mass is 793 g/mol. The smallest absolute Gasteiger partial charge is 0.160 e. The van der Waals surface area contributed by atoms with E-state index in [-0.39, 0.29) is 0 Å². The molecule has 0 spiro atoms. The highest BCUT2D eigenvalue weighted by Crippen LogP contribution is 2.40. The maximum atomic E-state index is 5.40. The van der Waals surface area contributed by atoms with Gasteiger partial charge in [-0.3, -0.25) is 0 Å². The number of benzene rings is 8. The summed E-state index contributed by atoms with van der Waals surface area (Å²) in [7, 11) is 0. The van der Waals surface area contributed by atoms with Gasteiger partial charge in [-0.2, -0.15) is 0 Å². The minimum absolute atomic E-state index is 0.627. The molecule has 0 aliphatic rings. The Bertz CT molecular complexity index is 3280. The van der Waals surface area contributed by atoms with Crippen LogP contribution >= 0.6 is 0 Å². The Morgan fingerprint density at radius 3 is 1.39 bits per heavy atom. The van der Waals surface area contributed by atoms with Crippen LogP contribution in [0.25, 0.3) is 106 Å². The standard InChI is InChI=1S/C57H39N5/c1-38-17-16-26-43(33-38)44-29-31-47-46-27-14-15-28-53(46)62(55(47)35-44)54-32-30-45(57-59-49(39-18-6-2-7-19-39)36-50(60-57)40-20-8-3-9-21-40)34-48(54)52-37-51(41-22-10-4-11-23-41)58-56(61-52)42-24-12-5-13-25-42/h2-37H,1H3. The Hall–Kier alpha value is -8.28. The van der Waals surface area contributed by atoms with Gasteiger partial charge >= 0.3 is 0 Å². The first-order chi connectivity index (χ1) is 30.6. The van der Waals surface area contributed by atoms with Gasteiger partial charge in [-0.05, 0) is 60.5 Å². The summed E-state index contributed by atoms with van der Waals surface area (Å²) in [6, 6.07) is 76.2. The van der Waals surface area contributed by atoms with E-state index in [1.54, 1.807) is 0 Å². The highest BCUT2D eigenvalue weighted by molar-refractivity contribution is 6.10. The van der Waals surface area contributed by atoms with Crippen molar-refractivity contribution in [3.63, 3.8) is 0 Å². The number of aryl methyl sites for hydroxylation is 1. The number of rotatable bonds is 8. The molecular formula is C57H39N5. The van der Waals surface area contributed by atoms with Gasteiger partial charge in [-0.25, -0.2) is 19.9 Å². The van der Waals surface area contributed by atoms with Crippen LogP contribution < -0.4 is 0 Å². The van der Waals surface area contributed by atoms with Crippen LogP contribution in [0.1, 0.15) is 5.56 Å². The van der Waals surface area contributed by atoms with Crippen LogP contribution in [0.4, 0.5) is 0 Å². The number of hydrogen-bond donors (Lipinski definition) is 0. The Morgan fingerprint density at radius 2 is 0.774 bits per heavy atom. The van der Waals surface area contributed by atoms with Crippen LogP contribution in [0.15, 0.2) is 218 Å². The molecule has 5 heteroatoms. The summed E-state index contributed by atoms with van der Waals surface area (Å²) in [5, 5.41) is 2.36. The molecule has 5 nitrogen and oxygen atoms in total. The van der Waals surface area contributed by atoms with Crippen LogP contribution in [0.3, 0.4) is 0 Å². The molecule has 62 heavy (non-hydrogen) atoms. The fourth-order valence-electron chi connectivity index (χ4n) is 8.46. The molecule has 0 saturated heterocycles. The first-order valence-electron chi connectivity index (χ1n) is 20.9. The maximum Gasteiger partial charge on any atom is 0.160 e. The molecule has 0 fully saturated rings. The van der Waals surface area contributed by atoms with Crippen molar-refractivity contribution in [3.05, 3.63) is 224 Å². The third kappa shape index (κ3) is 6.91. The van der Waals surface area contributed by atoms with Crippen molar-refractivity contribution < 1.29 is 0 Å². The summed E-state index contributed by atoms with van der Waals surface area (Å²) in [4.78, 5) is 21.1. The normalized spacial score (nSPS) is 11.3. The van der Waals surface area contributed by atoms with Crippen molar-refractivity contribution >= 4 is 21.8 Å². The van der Waals surface area contributed by atoms with Crippen LogP contribution in [0.5, 0.6) is 0 Å². The highest BCUT2D eigenvalue weighted by atomic mass is 15.0. The van der Waals surface area contributed by atoms with Crippen molar-refractivity contribution in [1.29, 1.82) is 0 Å². The molecule has 8 aromatic carbocycles. The van der Waals surface area contributed by atoms with E-state index in [0.717, 1.165) is 78.4 Å². The molecular weight excluding hydrogens is 755 g/mol. The van der Waals surface area contributed by atoms with Crippen molar-refractivity contribution in [2.45, 2.75) is 6.92 Å². The number of hydrogen-bond acceptors (Lipinski definition) is 4. The summed E-state index contributed by atoms with van der Waals surface area (Å²) >= 11 is 0. The van der Waals surface area contributed by atoms with E-state index in [9.17, 15) is 0 Å². The quantitative estimate of drug-likeness (QED) is 0.154. The molecule has 3 heterocycles. The third-order valence-electron chi connectivity index (χ3n) is 11.5. The Labute approximate surface area is 360 Å². The second-order valence-corrected chi connectivity index (χ2v) is 15.6. The lowest BCUT2D eigenvalue weighted by Gasteiger charge is -2.17. The summed E-state index contributed by atoms with van der Waals surface area (Å²) in [6.07, 6.45) is 0. The Morgan fingerprint density at radius 1 is 0.306 bits per heavy atom. The number of para-hydroxylation sites is 1. The van der Waals surface area contributed by atoms with Gasteiger partial charge in [0.15, 0.2) is 11.6 Å². The van der Waals surface area contributed by atoms with E-state index >= 15 is 0 Å². The molecule has 0 aliphatic heterocycles. The molecule has 0 radical (unpaired) electrons. The summed E-state index contributed by atoms with van der Waals surface area (Å²) in [6.45, 7) is 2.14. The van der Waals surface area contributed by atoms with Crippen LogP contribution in [0.2, 0.25) is 0 Å². The third-order valence-corrected chi connectivity index (χ3v) is 11.5. The second kappa shape index (κ2) is 15.7. The number of nitrogens with zero attached hydrogens (tertiary/aromatic N) is 5. The van der Waals surface area contributed by atoms with E-state index in [4.69, 9.17) is 19.9 Å². The van der Waals surface area contributed by atoms with Crippen molar-refractivity contribution in [3.8, 4) is 84.6 Å². The van der Waals surface area contributed by atoms with E-state index < -0.39 is 0 Å². The van der Waals surface area contributed by atoms with E-state index in [1.807, 2.05) is 60.7 Å². The summed E-state index contributed by atoms with van der Waals surface area (Å²) < 4.78 is 2.40. The lowest BCUT2D eigenvalue weighted by atomic mass is 10.0. The molecule has 0 atom stereocenters. The van der Waals surface area contributed by atoms with Gasteiger partial charge < -0.3 is 4.57 Å². The fraction of sp³-hybridized carbons (Fsp3) is 0.0175. The van der Waals surface area contributed by atoms with E-state index in [0.29, 0.717) is 11.6 Å². The van der Waals surface area contributed by atoms with Gasteiger partial charge in [-0.1, -0.05) is 181 Å². The van der Waals surface area contributed by atoms with Gasteiger partial charge in [0.1, 0.15) is 0 Å². The summed E-state index contributed by atoms with van der Waals surface area (Å²) in [5.74, 6) is 1.28. The van der Waals surface area contributed by atoms with Crippen LogP contribution in [-0.4, -0.2) is 24.5 Å². The predicted octanol–water partition coefficient (Wildman–Crippen LogP) is 14.3. The predicted molar refractivity (Wildman–Crippen MR) is 255 cm³/mol. The molecule has 0 unspecified atom stereocenters. The lowest BCUT2D eigenvalue weighted by molar-refractivity contribution is 1.14. The molecule has 11 aromatic rings. The SMILES string of the molecule is Cc1cccc(-c2ccc3c4ccccc4n(-c4ccc(-c5nc(-c6ccccc6)cc(-c6ccccc6)n5)cc4-c4cc(-c5ccccc5)nc(-c5ccccc5)n4)c3c2)c1. The number of fused-ring (bicyclic) bond motifs is 3. The van der Waals surface area contributed by atoms with Gasteiger partial charge in [-0.15, -0.1) is 0 Å². The van der Waals surface area contributed by atoms with Crippen LogP contribution in [-0.2, 0) is 0 Å².